The zero-order valence-electron chi connectivity index (χ0n) is 12.9. The standard InChI is InChI=1S/C16H23N3O2/c1-15(2,3)21-14(20)19-9-16(10-19)6-12(7-16)11-4-5-13(17)18-8-11/h4-5,8,12H,6-7,9-10H2,1-3H3,(H2,17,18). The molecule has 2 fully saturated rings. The predicted molar refractivity (Wildman–Crippen MR) is 80.9 cm³/mol. The van der Waals surface area contributed by atoms with Crippen LogP contribution in [0, 0.1) is 5.41 Å². The van der Waals surface area contributed by atoms with Crippen LogP contribution < -0.4 is 5.73 Å². The van der Waals surface area contributed by atoms with E-state index in [-0.39, 0.29) is 6.09 Å². The highest BCUT2D eigenvalue weighted by atomic mass is 16.6. The van der Waals surface area contributed by atoms with Crippen LogP contribution in [-0.4, -0.2) is 34.7 Å². The SMILES string of the molecule is CC(C)(C)OC(=O)N1CC2(CC(c3ccc(N)nc3)C2)C1. The van der Waals surface area contributed by atoms with E-state index in [9.17, 15) is 4.79 Å². The lowest BCUT2D eigenvalue weighted by atomic mass is 9.56. The zero-order chi connectivity index (χ0) is 15.3. The average Bonchev–Trinajstić information content (AvgIpc) is 2.25. The number of carbonyl (C=O) groups is 1. The second-order valence-electron chi connectivity index (χ2n) is 7.46. The number of aromatic nitrogens is 1. The molecular weight excluding hydrogens is 266 g/mol. The van der Waals surface area contributed by atoms with Gasteiger partial charge in [-0.2, -0.15) is 0 Å². The molecule has 1 aromatic heterocycles. The second kappa shape index (κ2) is 4.61. The molecule has 1 aliphatic heterocycles. The number of hydrogen-bond acceptors (Lipinski definition) is 4. The summed E-state index contributed by atoms with van der Waals surface area (Å²) in [6, 6.07) is 3.91. The molecule has 0 atom stereocenters. The third-order valence-electron chi connectivity index (χ3n) is 4.34. The lowest BCUT2D eigenvalue weighted by molar-refractivity contribution is -0.0786. The van der Waals surface area contributed by atoms with Gasteiger partial charge in [0.1, 0.15) is 11.4 Å². The first-order valence-corrected chi connectivity index (χ1v) is 7.46. The number of hydrogen-bond donors (Lipinski definition) is 1. The fourth-order valence-corrected chi connectivity index (χ4v) is 3.36. The van der Waals surface area contributed by atoms with Crippen LogP contribution in [0.25, 0.3) is 0 Å². The van der Waals surface area contributed by atoms with Crippen molar-refractivity contribution in [1.29, 1.82) is 0 Å². The molecule has 1 saturated carbocycles. The minimum absolute atomic E-state index is 0.189. The molecule has 21 heavy (non-hydrogen) atoms. The summed E-state index contributed by atoms with van der Waals surface area (Å²) in [7, 11) is 0. The molecular formula is C16H23N3O2. The van der Waals surface area contributed by atoms with Gasteiger partial charge in [-0.05, 0) is 51.2 Å². The van der Waals surface area contributed by atoms with Crippen LogP contribution in [0.4, 0.5) is 10.6 Å². The number of nitrogen functional groups attached to an aromatic ring is 1. The van der Waals surface area contributed by atoms with Crippen molar-refractivity contribution in [3.63, 3.8) is 0 Å². The van der Waals surface area contributed by atoms with Crippen molar-refractivity contribution in [1.82, 2.24) is 9.88 Å². The quantitative estimate of drug-likeness (QED) is 0.863. The van der Waals surface area contributed by atoms with Crippen LogP contribution in [0.15, 0.2) is 18.3 Å². The number of amides is 1. The minimum Gasteiger partial charge on any atom is -0.444 e. The molecule has 1 amide bonds. The van der Waals surface area contributed by atoms with E-state index in [1.165, 1.54) is 5.56 Å². The number of anilines is 1. The highest BCUT2D eigenvalue weighted by Crippen LogP contribution is 2.56. The van der Waals surface area contributed by atoms with Crippen molar-refractivity contribution in [2.24, 2.45) is 5.41 Å². The Hall–Kier alpha value is -1.78. The van der Waals surface area contributed by atoms with Crippen molar-refractivity contribution in [2.75, 3.05) is 18.8 Å². The number of ether oxygens (including phenoxy) is 1. The third kappa shape index (κ3) is 2.82. The molecule has 1 aliphatic carbocycles. The predicted octanol–water partition coefficient (Wildman–Crippen LogP) is 2.78. The van der Waals surface area contributed by atoms with E-state index in [4.69, 9.17) is 10.5 Å². The van der Waals surface area contributed by atoms with Gasteiger partial charge in [0.15, 0.2) is 0 Å². The minimum atomic E-state index is -0.419. The van der Waals surface area contributed by atoms with Gasteiger partial charge in [-0.25, -0.2) is 9.78 Å². The van der Waals surface area contributed by atoms with Crippen molar-refractivity contribution in [3.05, 3.63) is 23.9 Å². The summed E-state index contributed by atoms with van der Waals surface area (Å²) in [6.07, 6.45) is 3.93. The van der Waals surface area contributed by atoms with Crippen molar-refractivity contribution >= 4 is 11.9 Å². The lowest BCUT2D eigenvalue weighted by Gasteiger charge is -2.58. The first-order valence-electron chi connectivity index (χ1n) is 7.46. The summed E-state index contributed by atoms with van der Waals surface area (Å²) in [5.74, 6) is 1.12. The van der Waals surface area contributed by atoms with E-state index in [1.807, 2.05) is 37.9 Å². The number of nitrogens with zero attached hydrogens (tertiary/aromatic N) is 2. The maximum absolute atomic E-state index is 11.9. The molecule has 114 valence electrons. The van der Waals surface area contributed by atoms with Gasteiger partial charge in [0.25, 0.3) is 0 Å². The Bertz CT molecular complexity index is 534. The topological polar surface area (TPSA) is 68.5 Å². The maximum atomic E-state index is 11.9. The molecule has 0 aromatic carbocycles. The Morgan fingerprint density at radius 2 is 2.05 bits per heavy atom. The van der Waals surface area contributed by atoms with Gasteiger partial charge in [-0.1, -0.05) is 6.07 Å². The van der Waals surface area contributed by atoms with Gasteiger partial charge in [0.05, 0.1) is 0 Å². The van der Waals surface area contributed by atoms with Gasteiger partial charge < -0.3 is 15.4 Å². The number of rotatable bonds is 1. The summed E-state index contributed by atoms with van der Waals surface area (Å²) in [4.78, 5) is 17.9. The molecule has 1 saturated heterocycles. The molecule has 1 aromatic rings. The van der Waals surface area contributed by atoms with E-state index in [0.717, 1.165) is 25.9 Å². The Balaban J connectivity index is 1.50. The Kier molecular flexibility index (Phi) is 3.11. The molecule has 0 bridgehead atoms. The number of pyridine rings is 1. The van der Waals surface area contributed by atoms with Gasteiger partial charge in [0, 0.05) is 24.7 Å². The van der Waals surface area contributed by atoms with Gasteiger partial charge in [0.2, 0.25) is 0 Å². The molecule has 5 nitrogen and oxygen atoms in total. The molecule has 5 heteroatoms. The van der Waals surface area contributed by atoms with Crippen molar-refractivity contribution in [2.45, 2.75) is 45.1 Å². The average molecular weight is 289 g/mol. The number of likely N-dealkylation sites (tertiary alicyclic amines) is 1. The summed E-state index contributed by atoms with van der Waals surface area (Å²) in [5, 5.41) is 0. The molecule has 1 spiro atoms. The Labute approximate surface area is 125 Å². The highest BCUT2D eigenvalue weighted by molar-refractivity contribution is 5.69. The first kappa shape index (κ1) is 14.2. The fraction of sp³-hybridized carbons (Fsp3) is 0.625. The van der Waals surface area contributed by atoms with Crippen LogP contribution in [0.3, 0.4) is 0 Å². The van der Waals surface area contributed by atoms with Gasteiger partial charge >= 0.3 is 6.09 Å². The van der Waals surface area contributed by atoms with Crippen LogP contribution in [0.2, 0.25) is 0 Å². The van der Waals surface area contributed by atoms with E-state index in [2.05, 4.69) is 11.1 Å². The molecule has 2 heterocycles. The van der Waals surface area contributed by atoms with E-state index in [1.54, 1.807) is 0 Å². The van der Waals surface area contributed by atoms with Crippen LogP contribution in [0.5, 0.6) is 0 Å². The maximum Gasteiger partial charge on any atom is 0.410 e. The summed E-state index contributed by atoms with van der Waals surface area (Å²) >= 11 is 0. The lowest BCUT2D eigenvalue weighted by Crippen LogP contribution is -2.63. The third-order valence-corrected chi connectivity index (χ3v) is 4.34. The molecule has 3 rings (SSSR count). The summed E-state index contributed by atoms with van der Waals surface area (Å²) in [5.41, 5.74) is 6.75. The Morgan fingerprint density at radius 1 is 1.38 bits per heavy atom. The molecule has 0 radical (unpaired) electrons. The second-order valence-corrected chi connectivity index (χ2v) is 7.46. The van der Waals surface area contributed by atoms with E-state index in [0.29, 0.717) is 17.2 Å². The van der Waals surface area contributed by atoms with Gasteiger partial charge in [-0.15, -0.1) is 0 Å². The zero-order valence-corrected chi connectivity index (χ0v) is 12.9. The van der Waals surface area contributed by atoms with Crippen LogP contribution >= 0.6 is 0 Å². The van der Waals surface area contributed by atoms with Gasteiger partial charge in [-0.3, -0.25) is 0 Å². The summed E-state index contributed by atoms with van der Waals surface area (Å²) < 4.78 is 5.39. The monoisotopic (exact) mass is 289 g/mol. The highest BCUT2D eigenvalue weighted by Gasteiger charge is 2.54. The Morgan fingerprint density at radius 3 is 2.57 bits per heavy atom. The molecule has 2 N–H and O–H groups in total. The largest absolute Gasteiger partial charge is 0.444 e. The van der Waals surface area contributed by atoms with Crippen molar-refractivity contribution < 1.29 is 9.53 Å². The van der Waals surface area contributed by atoms with Crippen LogP contribution in [0.1, 0.15) is 45.1 Å². The number of carbonyl (C=O) groups excluding carboxylic acids is 1. The molecule has 0 unspecified atom stereocenters. The summed E-state index contributed by atoms with van der Waals surface area (Å²) in [6.45, 7) is 7.33. The van der Waals surface area contributed by atoms with Crippen LogP contribution in [-0.2, 0) is 4.74 Å². The van der Waals surface area contributed by atoms with Crippen molar-refractivity contribution in [3.8, 4) is 0 Å². The van der Waals surface area contributed by atoms with E-state index >= 15 is 0 Å². The smallest absolute Gasteiger partial charge is 0.410 e. The normalized spacial score (nSPS) is 20.8. The molecule has 2 aliphatic rings. The number of nitrogens with two attached hydrogens (primary N) is 1. The fourth-order valence-electron chi connectivity index (χ4n) is 3.36. The first-order chi connectivity index (χ1) is 9.76. The van der Waals surface area contributed by atoms with E-state index < -0.39 is 5.60 Å².